The zero-order valence-electron chi connectivity index (χ0n) is 10.4. The summed E-state index contributed by atoms with van der Waals surface area (Å²) in [7, 11) is 0. The Labute approximate surface area is 126 Å². The molecule has 0 aliphatic rings. The minimum Gasteiger partial charge on any atom is -0.435 e. The van der Waals surface area contributed by atoms with Gasteiger partial charge in [0.25, 0.3) is 0 Å². The Morgan fingerprint density at radius 2 is 1.95 bits per heavy atom. The zero-order valence-corrected chi connectivity index (χ0v) is 11.9. The third-order valence-corrected chi connectivity index (χ3v) is 3.40. The Hall–Kier alpha value is -1.84. The van der Waals surface area contributed by atoms with Crippen LogP contribution in [0.15, 0.2) is 48.8 Å². The second-order valence-electron chi connectivity index (χ2n) is 4.20. The molecule has 3 nitrogen and oxygen atoms in total. The SMILES string of the molecule is ClCc1cnc(Oc2cccc3cccnc23)c(Cl)c1. The van der Waals surface area contributed by atoms with Gasteiger partial charge in [-0.1, -0.05) is 29.8 Å². The average Bonchev–Trinajstić information content (AvgIpc) is 2.49. The summed E-state index contributed by atoms with van der Waals surface area (Å²) in [4.78, 5) is 8.51. The summed E-state index contributed by atoms with van der Waals surface area (Å²) < 4.78 is 5.77. The summed E-state index contributed by atoms with van der Waals surface area (Å²) in [5, 5.41) is 1.43. The number of pyridine rings is 2. The highest BCUT2D eigenvalue weighted by atomic mass is 35.5. The third kappa shape index (κ3) is 2.55. The molecule has 0 radical (unpaired) electrons. The molecule has 0 spiro atoms. The van der Waals surface area contributed by atoms with Gasteiger partial charge in [-0.3, -0.25) is 4.98 Å². The van der Waals surface area contributed by atoms with Gasteiger partial charge in [-0.2, -0.15) is 0 Å². The minimum atomic E-state index is 0.346. The highest BCUT2D eigenvalue weighted by Crippen LogP contribution is 2.31. The van der Waals surface area contributed by atoms with Crippen LogP contribution < -0.4 is 4.74 Å². The number of halogens is 2. The van der Waals surface area contributed by atoms with Gasteiger partial charge in [-0.25, -0.2) is 4.98 Å². The lowest BCUT2D eigenvalue weighted by molar-refractivity contribution is 0.467. The van der Waals surface area contributed by atoms with E-state index in [1.165, 1.54) is 0 Å². The topological polar surface area (TPSA) is 35.0 Å². The number of benzene rings is 1. The number of fused-ring (bicyclic) bond motifs is 1. The Morgan fingerprint density at radius 1 is 1.10 bits per heavy atom. The van der Waals surface area contributed by atoms with Crippen molar-refractivity contribution in [2.24, 2.45) is 0 Å². The van der Waals surface area contributed by atoms with Gasteiger partial charge in [0.15, 0.2) is 5.75 Å². The molecule has 0 amide bonds. The normalized spacial score (nSPS) is 10.7. The van der Waals surface area contributed by atoms with E-state index < -0.39 is 0 Å². The molecular formula is C15H10Cl2N2O. The van der Waals surface area contributed by atoms with Crippen molar-refractivity contribution in [3.8, 4) is 11.6 Å². The van der Waals surface area contributed by atoms with Crippen LogP contribution in [-0.2, 0) is 5.88 Å². The first-order chi connectivity index (χ1) is 9.78. The van der Waals surface area contributed by atoms with Crippen LogP contribution in [0.25, 0.3) is 10.9 Å². The van der Waals surface area contributed by atoms with Crippen LogP contribution in [0.3, 0.4) is 0 Å². The number of rotatable bonds is 3. The second-order valence-corrected chi connectivity index (χ2v) is 4.87. The molecule has 0 aliphatic heterocycles. The molecule has 0 unspecified atom stereocenters. The standard InChI is InChI=1S/C15H10Cl2N2O/c16-8-10-7-12(17)15(19-9-10)20-13-5-1-3-11-4-2-6-18-14(11)13/h1-7,9H,8H2. The zero-order chi connectivity index (χ0) is 13.9. The predicted octanol–water partition coefficient (Wildman–Crippen LogP) is 4.81. The fraction of sp³-hybridized carbons (Fsp3) is 0.0667. The van der Waals surface area contributed by atoms with Gasteiger partial charge in [0.05, 0.1) is 0 Å². The molecule has 3 aromatic rings. The first-order valence-electron chi connectivity index (χ1n) is 6.00. The highest BCUT2D eigenvalue weighted by Gasteiger charge is 2.09. The number of alkyl halides is 1. The molecule has 1 aromatic carbocycles. The summed E-state index contributed by atoms with van der Waals surface area (Å²) >= 11 is 11.9. The molecule has 2 aromatic heterocycles. The molecule has 3 rings (SSSR count). The van der Waals surface area contributed by atoms with Crippen LogP contribution in [0, 0.1) is 0 Å². The van der Waals surface area contributed by atoms with E-state index in [1.54, 1.807) is 18.5 Å². The van der Waals surface area contributed by atoms with Crippen LogP contribution in [0.5, 0.6) is 11.6 Å². The quantitative estimate of drug-likeness (QED) is 0.651. The third-order valence-electron chi connectivity index (χ3n) is 2.82. The molecule has 0 saturated carbocycles. The van der Waals surface area contributed by atoms with Gasteiger partial charge >= 0.3 is 0 Å². The number of hydrogen-bond acceptors (Lipinski definition) is 3. The van der Waals surface area contributed by atoms with E-state index >= 15 is 0 Å². The summed E-state index contributed by atoms with van der Waals surface area (Å²) in [5.74, 6) is 1.33. The lowest BCUT2D eigenvalue weighted by Crippen LogP contribution is -1.92. The first kappa shape index (κ1) is 13.2. The van der Waals surface area contributed by atoms with Crippen molar-refractivity contribution >= 4 is 34.1 Å². The predicted molar refractivity (Wildman–Crippen MR) is 80.6 cm³/mol. The number of aromatic nitrogens is 2. The summed E-state index contributed by atoms with van der Waals surface area (Å²) in [5.41, 5.74) is 1.62. The Kier molecular flexibility index (Phi) is 3.72. The highest BCUT2D eigenvalue weighted by molar-refractivity contribution is 6.32. The summed E-state index contributed by atoms with van der Waals surface area (Å²) in [6.45, 7) is 0. The fourth-order valence-electron chi connectivity index (χ4n) is 1.88. The van der Waals surface area contributed by atoms with Gasteiger partial charge in [-0.15, -0.1) is 11.6 Å². The molecule has 0 N–H and O–H groups in total. The van der Waals surface area contributed by atoms with Crippen molar-refractivity contribution in [3.05, 3.63) is 59.4 Å². The molecule has 5 heteroatoms. The van der Waals surface area contributed by atoms with Gasteiger partial charge in [0.1, 0.15) is 10.5 Å². The van der Waals surface area contributed by atoms with E-state index in [-0.39, 0.29) is 0 Å². The van der Waals surface area contributed by atoms with Gasteiger partial charge in [-0.05, 0) is 23.8 Å². The fourth-order valence-corrected chi connectivity index (χ4v) is 2.25. The van der Waals surface area contributed by atoms with Crippen LogP contribution in [-0.4, -0.2) is 9.97 Å². The average molecular weight is 305 g/mol. The number of nitrogens with zero attached hydrogens (tertiary/aromatic N) is 2. The first-order valence-corrected chi connectivity index (χ1v) is 6.91. The molecule has 0 aliphatic carbocycles. The Morgan fingerprint density at radius 3 is 2.75 bits per heavy atom. The van der Waals surface area contributed by atoms with Crippen LogP contribution >= 0.6 is 23.2 Å². The largest absolute Gasteiger partial charge is 0.435 e. The molecule has 0 fully saturated rings. The maximum Gasteiger partial charge on any atom is 0.238 e. The van der Waals surface area contributed by atoms with E-state index in [9.17, 15) is 0 Å². The van der Waals surface area contributed by atoms with E-state index in [0.29, 0.717) is 22.5 Å². The lowest BCUT2D eigenvalue weighted by atomic mass is 10.2. The van der Waals surface area contributed by atoms with Crippen molar-refractivity contribution in [1.82, 2.24) is 9.97 Å². The lowest BCUT2D eigenvalue weighted by Gasteiger charge is -2.09. The molecule has 2 heterocycles. The Bertz CT molecular complexity index is 756. The second kappa shape index (κ2) is 5.65. The van der Waals surface area contributed by atoms with E-state index in [1.807, 2.05) is 30.3 Å². The number of para-hydroxylation sites is 1. The molecule has 100 valence electrons. The van der Waals surface area contributed by atoms with E-state index in [4.69, 9.17) is 27.9 Å². The monoisotopic (exact) mass is 304 g/mol. The minimum absolute atomic E-state index is 0.346. The Balaban J connectivity index is 2.01. The summed E-state index contributed by atoms with van der Waals surface area (Å²) in [6.07, 6.45) is 3.37. The van der Waals surface area contributed by atoms with Crippen molar-refractivity contribution < 1.29 is 4.74 Å². The molecule has 0 saturated heterocycles. The van der Waals surface area contributed by atoms with E-state index in [2.05, 4.69) is 9.97 Å². The summed E-state index contributed by atoms with van der Waals surface area (Å²) in [6, 6.07) is 11.3. The molecule has 0 atom stereocenters. The van der Waals surface area contributed by atoms with Gasteiger partial charge in [0.2, 0.25) is 5.88 Å². The van der Waals surface area contributed by atoms with Crippen LogP contribution in [0.2, 0.25) is 5.02 Å². The van der Waals surface area contributed by atoms with Crippen molar-refractivity contribution in [3.63, 3.8) is 0 Å². The maximum absolute atomic E-state index is 6.14. The smallest absolute Gasteiger partial charge is 0.238 e. The molecule has 0 bridgehead atoms. The van der Waals surface area contributed by atoms with Crippen molar-refractivity contribution in [2.45, 2.75) is 5.88 Å². The van der Waals surface area contributed by atoms with E-state index in [0.717, 1.165) is 16.5 Å². The van der Waals surface area contributed by atoms with Crippen molar-refractivity contribution in [1.29, 1.82) is 0 Å². The van der Waals surface area contributed by atoms with Crippen molar-refractivity contribution in [2.75, 3.05) is 0 Å². The number of ether oxygens (including phenoxy) is 1. The van der Waals surface area contributed by atoms with Gasteiger partial charge < -0.3 is 4.74 Å². The molecule has 20 heavy (non-hydrogen) atoms. The maximum atomic E-state index is 6.14. The molecular weight excluding hydrogens is 295 g/mol. The van der Waals surface area contributed by atoms with Crippen LogP contribution in [0.4, 0.5) is 0 Å². The number of hydrogen-bond donors (Lipinski definition) is 0. The van der Waals surface area contributed by atoms with Crippen LogP contribution in [0.1, 0.15) is 5.56 Å². The van der Waals surface area contributed by atoms with Gasteiger partial charge in [0, 0.05) is 23.7 Å².